The molecule has 7 heteroatoms. The van der Waals surface area contributed by atoms with Crippen LogP contribution in [0.4, 0.5) is 0 Å². The molecule has 0 amide bonds. The maximum Gasteiger partial charge on any atom is 0.243 e. The van der Waals surface area contributed by atoms with Crippen LogP contribution in [-0.2, 0) is 10.0 Å². The van der Waals surface area contributed by atoms with Crippen molar-refractivity contribution in [1.29, 1.82) is 5.26 Å². The van der Waals surface area contributed by atoms with Gasteiger partial charge in [0, 0.05) is 17.5 Å². The standard InChI is InChI=1S/C12H15N3O2S2/c1-18-11-5-2-4-9(11)15-19(16,17)12-6-3-7-14-10(12)8-13/h3,6-7,9,11,15H,2,4-5H2,1H3. The third kappa shape index (κ3) is 3.08. The summed E-state index contributed by atoms with van der Waals surface area (Å²) in [7, 11) is -3.68. The summed E-state index contributed by atoms with van der Waals surface area (Å²) in [6.07, 6.45) is 6.29. The van der Waals surface area contributed by atoms with Crippen molar-refractivity contribution in [3.63, 3.8) is 0 Å². The number of aromatic nitrogens is 1. The third-order valence-corrected chi connectivity index (χ3v) is 5.92. The van der Waals surface area contributed by atoms with Crippen LogP contribution in [0.15, 0.2) is 23.2 Å². The summed E-state index contributed by atoms with van der Waals surface area (Å²) in [4.78, 5) is 3.75. The SMILES string of the molecule is CSC1CCCC1NS(=O)(=O)c1cccnc1C#N. The highest BCUT2D eigenvalue weighted by Gasteiger charge is 2.31. The average Bonchev–Trinajstić information content (AvgIpc) is 2.85. The number of hydrogen-bond donors (Lipinski definition) is 1. The van der Waals surface area contributed by atoms with Crippen molar-refractivity contribution >= 4 is 21.8 Å². The lowest BCUT2D eigenvalue weighted by molar-refractivity contribution is 0.554. The van der Waals surface area contributed by atoms with Crippen LogP contribution in [0.2, 0.25) is 0 Å². The predicted octanol–water partition coefficient (Wildman–Crippen LogP) is 1.52. The molecule has 0 spiro atoms. The molecule has 1 aromatic rings. The van der Waals surface area contributed by atoms with Gasteiger partial charge in [-0.1, -0.05) is 6.42 Å². The second kappa shape index (κ2) is 5.90. The van der Waals surface area contributed by atoms with E-state index in [4.69, 9.17) is 5.26 Å². The molecule has 0 saturated heterocycles. The summed E-state index contributed by atoms with van der Waals surface area (Å²) in [5, 5.41) is 9.23. The van der Waals surface area contributed by atoms with Crippen LogP contribution in [0, 0.1) is 11.3 Å². The summed E-state index contributed by atoms with van der Waals surface area (Å²) in [5.41, 5.74) is -0.0614. The molecule has 5 nitrogen and oxygen atoms in total. The number of rotatable bonds is 4. The minimum atomic E-state index is -3.68. The smallest absolute Gasteiger partial charge is 0.243 e. The Morgan fingerprint density at radius 2 is 2.32 bits per heavy atom. The normalized spacial score (nSPS) is 23.2. The lowest BCUT2D eigenvalue weighted by Crippen LogP contribution is -2.38. The topological polar surface area (TPSA) is 82.8 Å². The van der Waals surface area contributed by atoms with Crippen LogP contribution in [0.5, 0.6) is 0 Å². The first kappa shape index (κ1) is 14.3. The van der Waals surface area contributed by atoms with E-state index >= 15 is 0 Å². The predicted molar refractivity (Wildman–Crippen MR) is 74.2 cm³/mol. The summed E-state index contributed by atoms with van der Waals surface area (Å²) >= 11 is 1.68. The molecular weight excluding hydrogens is 282 g/mol. The van der Waals surface area contributed by atoms with Crippen LogP contribution in [-0.4, -0.2) is 30.9 Å². The zero-order valence-corrected chi connectivity index (χ0v) is 12.2. The minimum absolute atomic E-state index is 0.0377. The van der Waals surface area contributed by atoms with Crippen molar-refractivity contribution < 1.29 is 8.42 Å². The summed E-state index contributed by atoms with van der Waals surface area (Å²) in [5.74, 6) is 0. The van der Waals surface area contributed by atoms with Gasteiger partial charge >= 0.3 is 0 Å². The quantitative estimate of drug-likeness (QED) is 0.911. The highest BCUT2D eigenvalue weighted by Crippen LogP contribution is 2.29. The number of hydrogen-bond acceptors (Lipinski definition) is 5. The molecule has 1 aliphatic carbocycles. The van der Waals surface area contributed by atoms with Gasteiger partial charge in [-0.05, 0) is 31.2 Å². The van der Waals surface area contributed by atoms with Crippen molar-refractivity contribution in [3.8, 4) is 6.07 Å². The zero-order chi connectivity index (χ0) is 13.9. The van der Waals surface area contributed by atoms with E-state index in [1.807, 2.05) is 12.3 Å². The van der Waals surface area contributed by atoms with E-state index in [9.17, 15) is 8.42 Å². The second-order valence-electron chi connectivity index (χ2n) is 4.39. The van der Waals surface area contributed by atoms with Crippen LogP contribution in [0.25, 0.3) is 0 Å². The van der Waals surface area contributed by atoms with E-state index in [1.165, 1.54) is 18.3 Å². The first-order chi connectivity index (χ1) is 9.08. The molecule has 102 valence electrons. The van der Waals surface area contributed by atoms with Crippen LogP contribution in [0.1, 0.15) is 25.0 Å². The fraction of sp³-hybridized carbons (Fsp3) is 0.500. The van der Waals surface area contributed by atoms with Gasteiger partial charge in [-0.3, -0.25) is 0 Å². The number of sulfonamides is 1. The van der Waals surface area contributed by atoms with Crippen LogP contribution < -0.4 is 4.72 Å². The van der Waals surface area contributed by atoms with Gasteiger partial charge in [-0.2, -0.15) is 17.0 Å². The Kier molecular flexibility index (Phi) is 4.45. The van der Waals surface area contributed by atoms with Crippen LogP contribution >= 0.6 is 11.8 Å². The summed E-state index contributed by atoms with van der Waals surface area (Å²) < 4.78 is 27.3. The lowest BCUT2D eigenvalue weighted by atomic mass is 10.3. The Hall–Kier alpha value is -1.10. The average molecular weight is 297 g/mol. The number of nitrogens with one attached hydrogen (secondary N) is 1. The number of pyridine rings is 1. The van der Waals surface area contributed by atoms with Gasteiger partial charge in [-0.25, -0.2) is 18.1 Å². The van der Waals surface area contributed by atoms with E-state index in [-0.39, 0.29) is 16.6 Å². The Balaban J connectivity index is 2.26. The molecule has 1 fully saturated rings. The summed E-state index contributed by atoms with van der Waals surface area (Å²) in [6.45, 7) is 0. The first-order valence-electron chi connectivity index (χ1n) is 5.98. The van der Waals surface area contributed by atoms with E-state index in [1.54, 1.807) is 11.8 Å². The Morgan fingerprint density at radius 3 is 3.00 bits per heavy atom. The number of thioether (sulfide) groups is 1. The maximum absolute atomic E-state index is 12.3. The molecule has 2 rings (SSSR count). The van der Waals surface area contributed by atoms with Gasteiger partial charge in [0.1, 0.15) is 11.0 Å². The van der Waals surface area contributed by atoms with Gasteiger partial charge < -0.3 is 0 Å². The monoisotopic (exact) mass is 297 g/mol. The second-order valence-corrected chi connectivity index (χ2v) is 7.15. The number of nitriles is 1. The van der Waals surface area contributed by atoms with Gasteiger partial charge in [0.05, 0.1) is 0 Å². The fourth-order valence-corrected chi connectivity index (χ4v) is 4.74. The Bertz CT molecular complexity index is 595. The van der Waals surface area contributed by atoms with Crippen LogP contribution in [0.3, 0.4) is 0 Å². The largest absolute Gasteiger partial charge is 0.244 e. The zero-order valence-electron chi connectivity index (χ0n) is 10.5. The third-order valence-electron chi connectivity index (χ3n) is 3.23. The molecule has 1 aromatic heterocycles. The minimum Gasteiger partial charge on any atom is -0.244 e. The fourth-order valence-electron chi connectivity index (χ4n) is 2.30. The van der Waals surface area contributed by atoms with E-state index in [0.29, 0.717) is 5.25 Å². The Labute approximate surface area is 117 Å². The van der Waals surface area contributed by atoms with Crippen molar-refractivity contribution in [3.05, 3.63) is 24.0 Å². The molecule has 0 radical (unpaired) electrons. The Morgan fingerprint density at radius 1 is 1.53 bits per heavy atom. The first-order valence-corrected chi connectivity index (χ1v) is 8.76. The molecule has 1 saturated carbocycles. The van der Waals surface area contributed by atoms with Gasteiger partial charge in [0.15, 0.2) is 5.69 Å². The molecular formula is C12H15N3O2S2. The van der Waals surface area contributed by atoms with E-state index < -0.39 is 10.0 Å². The molecule has 1 aliphatic rings. The molecule has 2 atom stereocenters. The van der Waals surface area contributed by atoms with Crippen molar-refractivity contribution in [2.24, 2.45) is 0 Å². The molecule has 1 heterocycles. The van der Waals surface area contributed by atoms with Crippen molar-refractivity contribution in [2.45, 2.75) is 35.4 Å². The van der Waals surface area contributed by atoms with Gasteiger partial charge in [-0.15, -0.1) is 0 Å². The molecule has 0 aromatic carbocycles. The van der Waals surface area contributed by atoms with E-state index in [0.717, 1.165) is 19.3 Å². The lowest BCUT2D eigenvalue weighted by Gasteiger charge is -2.19. The van der Waals surface area contributed by atoms with Crippen molar-refractivity contribution in [2.75, 3.05) is 6.26 Å². The molecule has 19 heavy (non-hydrogen) atoms. The van der Waals surface area contributed by atoms with Gasteiger partial charge in [0.25, 0.3) is 0 Å². The molecule has 2 unspecified atom stereocenters. The highest BCUT2D eigenvalue weighted by molar-refractivity contribution is 7.99. The molecule has 1 N–H and O–H groups in total. The molecule has 0 bridgehead atoms. The van der Waals surface area contributed by atoms with Crippen molar-refractivity contribution in [1.82, 2.24) is 9.71 Å². The van der Waals surface area contributed by atoms with Gasteiger partial charge in [0.2, 0.25) is 10.0 Å². The maximum atomic E-state index is 12.3. The highest BCUT2D eigenvalue weighted by atomic mass is 32.2. The number of nitrogens with zero attached hydrogens (tertiary/aromatic N) is 2. The van der Waals surface area contributed by atoms with E-state index in [2.05, 4.69) is 9.71 Å². The summed E-state index contributed by atoms with van der Waals surface area (Å²) in [6, 6.07) is 4.69. The molecule has 0 aliphatic heterocycles.